The summed E-state index contributed by atoms with van der Waals surface area (Å²) in [6.45, 7) is 7.55. The number of unbranched alkanes of at least 4 members (excludes halogenated alkanes) is 1. The minimum atomic E-state index is -0.499. The molecule has 0 aromatic heterocycles. The van der Waals surface area contributed by atoms with Crippen LogP contribution in [0.5, 0.6) is 5.75 Å². The molecule has 1 unspecified atom stereocenters. The number of ketones is 1. The molecule has 6 nitrogen and oxygen atoms in total. The average Bonchev–Trinajstić information content (AvgIpc) is 2.76. The molecule has 0 amide bonds. The number of dihydropyridines is 1. The van der Waals surface area contributed by atoms with Crippen molar-refractivity contribution in [1.29, 1.82) is 0 Å². The Morgan fingerprint density at radius 2 is 1.94 bits per heavy atom. The average molecular weight is 428 g/mol. The maximum Gasteiger partial charge on any atom is 0.336 e. The van der Waals surface area contributed by atoms with E-state index in [0.717, 1.165) is 42.6 Å². The number of benzene rings is 1. The van der Waals surface area contributed by atoms with Crippen LogP contribution in [0.1, 0.15) is 64.4 Å². The van der Waals surface area contributed by atoms with Gasteiger partial charge < -0.3 is 19.5 Å². The minimum absolute atomic E-state index is 0.0780. The van der Waals surface area contributed by atoms with Crippen molar-refractivity contribution in [3.05, 3.63) is 52.4 Å². The summed E-state index contributed by atoms with van der Waals surface area (Å²) < 4.78 is 16.9. The molecule has 3 rings (SSSR count). The fourth-order valence-electron chi connectivity index (χ4n) is 4.16. The van der Waals surface area contributed by atoms with E-state index in [-0.39, 0.29) is 12.4 Å². The van der Waals surface area contributed by atoms with Gasteiger partial charge in [-0.3, -0.25) is 4.79 Å². The molecule has 168 valence electrons. The first kappa shape index (κ1) is 23.1. The van der Waals surface area contributed by atoms with Gasteiger partial charge in [-0.2, -0.15) is 0 Å². The number of allylic oxidation sites excluding steroid dienone is 3. The van der Waals surface area contributed by atoms with E-state index in [9.17, 15) is 9.59 Å². The van der Waals surface area contributed by atoms with E-state index >= 15 is 0 Å². The van der Waals surface area contributed by atoms with E-state index < -0.39 is 11.9 Å². The van der Waals surface area contributed by atoms with Crippen molar-refractivity contribution in [2.75, 3.05) is 26.4 Å². The lowest BCUT2D eigenvalue weighted by Crippen LogP contribution is -2.34. The van der Waals surface area contributed by atoms with Crippen LogP contribution in [0.4, 0.5) is 0 Å². The third-order valence-corrected chi connectivity index (χ3v) is 5.65. The van der Waals surface area contributed by atoms with Crippen molar-refractivity contribution in [1.82, 2.24) is 5.32 Å². The zero-order valence-corrected chi connectivity index (χ0v) is 18.8. The van der Waals surface area contributed by atoms with Crippen molar-refractivity contribution >= 4 is 11.8 Å². The third-order valence-electron chi connectivity index (χ3n) is 5.65. The van der Waals surface area contributed by atoms with Gasteiger partial charge in [0.1, 0.15) is 12.4 Å². The second-order valence-electron chi connectivity index (χ2n) is 7.84. The van der Waals surface area contributed by atoms with Gasteiger partial charge in [0.15, 0.2) is 5.78 Å². The summed E-state index contributed by atoms with van der Waals surface area (Å²) >= 11 is 0. The lowest BCUT2D eigenvalue weighted by Gasteiger charge is -2.34. The van der Waals surface area contributed by atoms with Gasteiger partial charge in [0, 0.05) is 35.6 Å². The molecule has 0 saturated heterocycles. The zero-order chi connectivity index (χ0) is 22.2. The summed E-state index contributed by atoms with van der Waals surface area (Å²) in [7, 11) is 0. The molecule has 2 aliphatic rings. The molecule has 1 aromatic rings. The fraction of sp³-hybridized carbons (Fsp3) is 0.520. The Morgan fingerprint density at radius 3 is 2.71 bits per heavy atom. The number of nitrogens with one attached hydrogen (secondary N) is 1. The minimum Gasteiger partial charge on any atom is -0.493 e. The number of rotatable bonds is 10. The first-order valence-corrected chi connectivity index (χ1v) is 11.3. The van der Waals surface area contributed by atoms with Gasteiger partial charge in [-0.25, -0.2) is 4.79 Å². The van der Waals surface area contributed by atoms with Crippen molar-refractivity contribution in [3.8, 4) is 5.75 Å². The number of carbonyl (C=O) groups is 2. The number of hydrogen-bond acceptors (Lipinski definition) is 6. The van der Waals surface area contributed by atoms with E-state index in [0.29, 0.717) is 43.1 Å². The highest BCUT2D eigenvalue weighted by Gasteiger charge is 2.40. The molecule has 31 heavy (non-hydrogen) atoms. The number of para-hydroxylation sites is 1. The van der Waals surface area contributed by atoms with Crippen LogP contribution in [0.25, 0.3) is 0 Å². The van der Waals surface area contributed by atoms with Crippen LogP contribution >= 0.6 is 0 Å². The number of hydrogen-bond donors (Lipinski definition) is 1. The summed E-state index contributed by atoms with van der Waals surface area (Å²) in [5.41, 5.74) is 3.60. The maximum absolute atomic E-state index is 13.2. The van der Waals surface area contributed by atoms with Crippen LogP contribution in [0.15, 0.2) is 46.8 Å². The first-order valence-electron chi connectivity index (χ1n) is 11.3. The summed E-state index contributed by atoms with van der Waals surface area (Å²) in [4.78, 5) is 26.2. The molecule has 1 aliphatic heterocycles. The van der Waals surface area contributed by atoms with E-state index in [4.69, 9.17) is 14.2 Å². The van der Waals surface area contributed by atoms with Crippen LogP contribution in [0.2, 0.25) is 0 Å². The first-order chi connectivity index (χ1) is 15.1. The molecule has 1 aromatic carbocycles. The van der Waals surface area contributed by atoms with Crippen LogP contribution < -0.4 is 10.1 Å². The maximum atomic E-state index is 13.2. The summed E-state index contributed by atoms with van der Waals surface area (Å²) in [5.74, 6) is -0.140. The highest BCUT2D eigenvalue weighted by molar-refractivity contribution is 6.04. The fourth-order valence-corrected chi connectivity index (χ4v) is 4.16. The Hall–Kier alpha value is -2.60. The number of carbonyl (C=O) groups excluding carboxylic acids is 2. The Balaban J connectivity index is 2.00. The molecular weight excluding hydrogens is 394 g/mol. The van der Waals surface area contributed by atoms with Crippen LogP contribution in [0, 0.1) is 0 Å². The van der Waals surface area contributed by atoms with Gasteiger partial charge in [-0.1, -0.05) is 31.5 Å². The largest absolute Gasteiger partial charge is 0.493 e. The lowest BCUT2D eigenvalue weighted by atomic mass is 9.75. The van der Waals surface area contributed by atoms with Crippen molar-refractivity contribution in [3.63, 3.8) is 0 Å². The topological polar surface area (TPSA) is 73.9 Å². The molecule has 6 heteroatoms. The van der Waals surface area contributed by atoms with Crippen molar-refractivity contribution < 1.29 is 23.8 Å². The third kappa shape index (κ3) is 5.37. The highest BCUT2D eigenvalue weighted by Crippen LogP contribution is 2.45. The normalized spacial score (nSPS) is 18.5. The van der Waals surface area contributed by atoms with Gasteiger partial charge in [-0.05, 0) is 39.2 Å². The highest BCUT2D eigenvalue weighted by atomic mass is 16.6. The smallest absolute Gasteiger partial charge is 0.336 e. The molecular formula is C25H33NO5. The van der Waals surface area contributed by atoms with Gasteiger partial charge >= 0.3 is 5.97 Å². The van der Waals surface area contributed by atoms with Crippen LogP contribution in [-0.4, -0.2) is 38.2 Å². The second-order valence-corrected chi connectivity index (χ2v) is 7.84. The molecule has 0 fully saturated rings. The van der Waals surface area contributed by atoms with Crippen molar-refractivity contribution in [2.24, 2.45) is 0 Å². The Labute approximate surface area is 184 Å². The molecule has 1 atom stereocenters. The summed E-state index contributed by atoms with van der Waals surface area (Å²) in [6, 6.07) is 7.70. The summed E-state index contributed by atoms with van der Waals surface area (Å²) in [5, 5.41) is 3.32. The monoisotopic (exact) mass is 427 g/mol. The van der Waals surface area contributed by atoms with Gasteiger partial charge in [0.05, 0.1) is 24.7 Å². The Bertz CT molecular complexity index is 870. The number of Topliss-reactive ketones (excluding diaryl/α,β-unsaturated/α-hetero) is 1. The SMILES string of the molecule is CCCCOc1ccccc1C1C(C(=O)OCCOCC)=C(C)NC2=C1C(=O)CCC2. The molecule has 0 bridgehead atoms. The molecule has 1 aliphatic carbocycles. The molecule has 0 saturated carbocycles. The van der Waals surface area contributed by atoms with Crippen molar-refractivity contribution in [2.45, 2.75) is 58.8 Å². The quantitative estimate of drug-likeness (QED) is 0.440. The van der Waals surface area contributed by atoms with E-state index in [1.165, 1.54) is 0 Å². The predicted molar refractivity (Wildman–Crippen MR) is 119 cm³/mol. The van der Waals surface area contributed by atoms with E-state index in [1.54, 1.807) is 0 Å². The number of ether oxygens (including phenoxy) is 3. The predicted octanol–water partition coefficient (Wildman–Crippen LogP) is 4.41. The standard InChI is InChI=1S/C25H33NO5/c1-4-6-14-30-21-13-8-7-10-18(21)23-22(25(28)31-16-15-29-5-2)17(3)26-19-11-9-12-20(27)24(19)23/h7-8,10,13,23,26H,4-6,9,11-12,14-16H2,1-3H3. The Morgan fingerprint density at radius 1 is 1.13 bits per heavy atom. The summed E-state index contributed by atoms with van der Waals surface area (Å²) in [6.07, 6.45) is 4.06. The zero-order valence-electron chi connectivity index (χ0n) is 18.8. The second kappa shape index (κ2) is 11.1. The molecule has 1 heterocycles. The molecule has 0 spiro atoms. The van der Waals surface area contributed by atoms with Crippen LogP contribution in [-0.2, 0) is 19.1 Å². The van der Waals surface area contributed by atoms with Gasteiger partial charge in [0.25, 0.3) is 0 Å². The van der Waals surface area contributed by atoms with Gasteiger partial charge in [-0.15, -0.1) is 0 Å². The molecule has 0 radical (unpaired) electrons. The number of esters is 1. The van der Waals surface area contributed by atoms with Crippen LogP contribution in [0.3, 0.4) is 0 Å². The van der Waals surface area contributed by atoms with E-state index in [1.807, 2.05) is 38.1 Å². The Kier molecular flexibility index (Phi) is 8.29. The van der Waals surface area contributed by atoms with Gasteiger partial charge in [0.2, 0.25) is 0 Å². The molecule has 1 N–H and O–H groups in total. The lowest BCUT2D eigenvalue weighted by molar-refractivity contribution is -0.140. The van der Waals surface area contributed by atoms with E-state index in [2.05, 4.69) is 12.2 Å².